The number of carbonyl (C=O) groups excluding carboxylic acids is 1. The van der Waals surface area contributed by atoms with Gasteiger partial charge in [0.15, 0.2) is 0 Å². The van der Waals surface area contributed by atoms with Gasteiger partial charge in [-0.1, -0.05) is 11.6 Å². The van der Waals surface area contributed by atoms with E-state index in [0.29, 0.717) is 5.02 Å². The van der Waals surface area contributed by atoms with Gasteiger partial charge in [0, 0.05) is 19.1 Å². The molecule has 0 aliphatic carbocycles. The van der Waals surface area contributed by atoms with Gasteiger partial charge in [-0.25, -0.2) is 30.3 Å². The highest BCUT2D eigenvalue weighted by Gasteiger charge is 2.24. The topological polar surface area (TPSA) is 101 Å². The third-order valence-corrected chi connectivity index (χ3v) is 6.72. The minimum Gasteiger partial charge on any atom is -0.268 e. The van der Waals surface area contributed by atoms with Crippen molar-refractivity contribution in [1.29, 1.82) is 0 Å². The summed E-state index contributed by atoms with van der Waals surface area (Å²) in [6, 6.07) is 7.49. The summed E-state index contributed by atoms with van der Waals surface area (Å²) in [5, 5.41) is 0.294. The molecule has 0 atom stereocenters. The van der Waals surface area contributed by atoms with E-state index in [4.69, 9.17) is 11.6 Å². The van der Waals surface area contributed by atoms with Crippen molar-refractivity contribution in [2.45, 2.75) is 9.79 Å². The number of sulfonamides is 2. The van der Waals surface area contributed by atoms with Crippen LogP contribution in [0.3, 0.4) is 0 Å². The van der Waals surface area contributed by atoms with Crippen LogP contribution in [0.1, 0.15) is 10.4 Å². The predicted octanol–water partition coefficient (Wildman–Crippen LogP) is 1.85. The molecule has 0 unspecified atom stereocenters. The van der Waals surface area contributed by atoms with Gasteiger partial charge in [0.05, 0.1) is 15.4 Å². The largest absolute Gasteiger partial charge is 0.268 e. The third kappa shape index (κ3) is 4.21. The average molecular weight is 421 g/mol. The summed E-state index contributed by atoms with van der Waals surface area (Å²) in [4.78, 5) is 11.6. The summed E-state index contributed by atoms with van der Waals surface area (Å²) >= 11 is 5.68. The van der Waals surface area contributed by atoms with Crippen molar-refractivity contribution in [3.8, 4) is 0 Å². The normalized spacial score (nSPS) is 12.2. The highest BCUT2D eigenvalue weighted by atomic mass is 35.5. The Labute approximate surface area is 155 Å². The molecule has 1 N–H and O–H groups in total. The molecule has 0 saturated heterocycles. The number of benzene rings is 2. The van der Waals surface area contributed by atoms with Gasteiger partial charge < -0.3 is 0 Å². The molecule has 1 amide bonds. The number of hydrogen-bond acceptors (Lipinski definition) is 5. The lowest BCUT2D eigenvalue weighted by Crippen LogP contribution is -2.31. The van der Waals surface area contributed by atoms with Gasteiger partial charge in [-0.15, -0.1) is 0 Å². The number of nitrogens with one attached hydrogen (secondary N) is 1. The molecule has 0 aromatic heterocycles. The van der Waals surface area contributed by atoms with E-state index in [1.807, 2.05) is 0 Å². The van der Waals surface area contributed by atoms with Crippen LogP contribution in [0, 0.1) is 5.82 Å². The van der Waals surface area contributed by atoms with E-state index in [1.54, 1.807) is 4.72 Å². The number of halogens is 2. The summed E-state index contributed by atoms with van der Waals surface area (Å²) < 4.78 is 65.1. The first kappa shape index (κ1) is 20.3. The number of hydrogen-bond donors (Lipinski definition) is 1. The SMILES string of the molecule is CN(C)S(=O)(=O)c1ccc(F)c(C(=O)NS(=O)(=O)c2ccc(Cl)cc2)c1. The van der Waals surface area contributed by atoms with Crippen molar-refractivity contribution in [3.05, 3.63) is 58.9 Å². The Balaban J connectivity index is 2.39. The van der Waals surface area contributed by atoms with Crippen molar-refractivity contribution in [2.75, 3.05) is 14.1 Å². The van der Waals surface area contributed by atoms with Gasteiger partial charge in [0.25, 0.3) is 15.9 Å². The van der Waals surface area contributed by atoms with E-state index < -0.39 is 37.3 Å². The Kier molecular flexibility index (Phi) is 5.71. The number of rotatable bonds is 5. The maximum atomic E-state index is 14.0. The second-order valence-corrected chi connectivity index (χ2v) is 9.59. The second-order valence-electron chi connectivity index (χ2n) is 5.32. The fourth-order valence-corrected chi connectivity index (χ4v) is 3.92. The Morgan fingerprint density at radius 3 is 2.08 bits per heavy atom. The number of carbonyl (C=O) groups is 1. The van der Waals surface area contributed by atoms with Crippen molar-refractivity contribution in [2.24, 2.45) is 0 Å². The quantitative estimate of drug-likeness (QED) is 0.795. The van der Waals surface area contributed by atoms with Crippen LogP contribution >= 0.6 is 11.6 Å². The molecule has 2 aromatic rings. The maximum Gasteiger partial charge on any atom is 0.268 e. The van der Waals surface area contributed by atoms with Crippen LogP contribution in [0.2, 0.25) is 5.02 Å². The molecule has 0 aliphatic rings. The van der Waals surface area contributed by atoms with Gasteiger partial charge in [-0.3, -0.25) is 4.79 Å². The third-order valence-electron chi connectivity index (χ3n) is 3.31. The van der Waals surface area contributed by atoms with Crippen LogP contribution in [-0.2, 0) is 20.0 Å². The van der Waals surface area contributed by atoms with Crippen LogP contribution in [0.4, 0.5) is 4.39 Å². The molecule has 7 nitrogen and oxygen atoms in total. The summed E-state index contributed by atoms with van der Waals surface area (Å²) in [6.45, 7) is 0. The summed E-state index contributed by atoms with van der Waals surface area (Å²) in [5.74, 6) is -2.36. The van der Waals surface area contributed by atoms with Gasteiger partial charge in [0.1, 0.15) is 5.82 Å². The lowest BCUT2D eigenvalue weighted by atomic mass is 10.2. The Bertz CT molecular complexity index is 1050. The molecule has 26 heavy (non-hydrogen) atoms. The van der Waals surface area contributed by atoms with E-state index >= 15 is 0 Å². The molecule has 2 rings (SSSR count). The number of amides is 1. The summed E-state index contributed by atoms with van der Waals surface area (Å²) in [6.07, 6.45) is 0. The monoisotopic (exact) mass is 420 g/mol. The molecular formula is C15H14ClFN2O5S2. The van der Waals surface area contributed by atoms with Gasteiger partial charge in [-0.2, -0.15) is 0 Å². The zero-order chi connectivity index (χ0) is 19.7. The smallest absolute Gasteiger partial charge is 0.268 e. The first-order valence-electron chi connectivity index (χ1n) is 7.00. The van der Waals surface area contributed by atoms with Crippen LogP contribution in [0.25, 0.3) is 0 Å². The van der Waals surface area contributed by atoms with E-state index in [-0.39, 0.29) is 9.79 Å². The lowest BCUT2D eigenvalue weighted by molar-refractivity contribution is 0.0977. The van der Waals surface area contributed by atoms with E-state index in [0.717, 1.165) is 22.5 Å². The van der Waals surface area contributed by atoms with Gasteiger partial charge in [0.2, 0.25) is 10.0 Å². The Hall–Kier alpha value is -2.01. The number of nitrogens with zero attached hydrogens (tertiary/aromatic N) is 1. The van der Waals surface area contributed by atoms with E-state index in [9.17, 15) is 26.0 Å². The standard InChI is InChI=1S/C15H14ClFN2O5S2/c1-19(2)26(23,24)12-7-8-14(17)13(9-12)15(20)18-25(21,22)11-5-3-10(16)4-6-11/h3-9H,1-2H3,(H,18,20). The molecular weight excluding hydrogens is 407 g/mol. The molecule has 140 valence electrons. The molecule has 11 heteroatoms. The Morgan fingerprint density at radius 1 is 1.00 bits per heavy atom. The lowest BCUT2D eigenvalue weighted by Gasteiger charge is -2.13. The van der Waals surface area contributed by atoms with Crippen LogP contribution in [-0.4, -0.2) is 41.1 Å². The molecule has 0 bridgehead atoms. The van der Waals surface area contributed by atoms with Gasteiger partial charge >= 0.3 is 0 Å². The minimum absolute atomic E-state index is 0.257. The maximum absolute atomic E-state index is 14.0. The zero-order valence-electron chi connectivity index (χ0n) is 13.6. The minimum atomic E-state index is -4.29. The highest BCUT2D eigenvalue weighted by molar-refractivity contribution is 7.90. The summed E-state index contributed by atoms with van der Waals surface area (Å²) in [7, 11) is -5.68. The van der Waals surface area contributed by atoms with Crippen molar-refractivity contribution in [1.82, 2.24) is 9.03 Å². The second kappa shape index (κ2) is 7.31. The molecule has 0 aliphatic heterocycles. The first-order valence-corrected chi connectivity index (χ1v) is 10.3. The van der Waals surface area contributed by atoms with E-state index in [1.165, 1.54) is 38.4 Å². The van der Waals surface area contributed by atoms with Crippen LogP contribution < -0.4 is 4.72 Å². The van der Waals surface area contributed by atoms with Crippen molar-refractivity contribution in [3.63, 3.8) is 0 Å². The predicted molar refractivity (Wildman–Crippen MR) is 93.4 cm³/mol. The molecule has 0 heterocycles. The van der Waals surface area contributed by atoms with Crippen LogP contribution in [0.5, 0.6) is 0 Å². The molecule has 0 spiro atoms. The highest BCUT2D eigenvalue weighted by Crippen LogP contribution is 2.19. The van der Waals surface area contributed by atoms with Gasteiger partial charge in [-0.05, 0) is 42.5 Å². The van der Waals surface area contributed by atoms with E-state index in [2.05, 4.69) is 0 Å². The van der Waals surface area contributed by atoms with Crippen molar-refractivity contribution >= 4 is 37.6 Å². The average Bonchev–Trinajstić information content (AvgIpc) is 2.54. The molecule has 0 radical (unpaired) electrons. The first-order chi connectivity index (χ1) is 11.9. The zero-order valence-corrected chi connectivity index (χ0v) is 16.0. The Morgan fingerprint density at radius 2 is 1.54 bits per heavy atom. The molecule has 0 saturated carbocycles. The molecule has 0 fully saturated rings. The fraction of sp³-hybridized carbons (Fsp3) is 0.133. The summed E-state index contributed by atoms with van der Waals surface area (Å²) in [5.41, 5.74) is -0.717. The fourth-order valence-electron chi connectivity index (χ4n) is 1.90. The van der Waals surface area contributed by atoms with Crippen molar-refractivity contribution < 1.29 is 26.0 Å². The molecule has 2 aromatic carbocycles. The van der Waals surface area contributed by atoms with Crippen LogP contribution in [0.15, 0.2) is 52.3 Å².